The highest BCUT2D eigenvalue weighted by Gasteiger charge is 2.22. The van der Waals surface area contributed by atoms with Crippen molar-refractivity contribution in [2.45, 2.75) is 26.4 Å². The van der Waals surface area contributed by atoms with Crippen molar-refractivity contribution in [2.75, 3.05) is 5.73 Å². The van der Waals surface area contributed by atoms with E-state index in [0.717, 1.165) is 22.3 Å². The van der Waals surface area contributed by atoms with E-state index in [1.54, 1.807) is 24.6 Å². The Morgan fingerprint density at radius 1 is 1.27 bits per heavy atom. The Labute approximate surface area is 132 Å². The zero-order chi connectivity index (χ0) is 16.1. The molecule has 3 aromatic heterocycles. The molecule has 0 aromatic carbocycles. The number of nitrogen functional groups attached to an aromatic ring is 1. The van der Waals surface area contributed by atoms with Gasteiger partial charge in [0, 0.05) is 16.8 Å². The summed E-state index contributed by atoms with van der Waals surface area (Å²) in [7, 11) is 0. The van der Waals surface area contributed by atoms with Gasteiger partial charge in [0.05, 0.1) is 34.2 Å². The van der Waals surface area contributed by atoms with E-state index in [1.165, 1.54) is 6.20 Å². The monoisotopic (exact) mass is 317 g/mol. The standard InChI is InChI=1S/C15H16ClN5O/c1-8-10(15(2,3)22)4-5-12-9(6-19-21(8)12)13-11(16)7-18-14(17)20-13/h4-7,22H,1-3H3,(H2,17,18,20). The van der Waals surface area contributed by atoms with Gasteiger partial charge in [-0.3, -0.25) is 0 Å². The van der Waals surface area contributed by atoms with Crippen molar-refractivity contribution in [3.05, 3.63) is 40.8 Å². The first-order valence-corrected chi connectivity index (χ1v) is 7.15. The molecule has 3 heterocycles. The SMILES string of the molecule is Cc1c(C(C)(C)O)ccc2c(-c3nc(N)ncc3Cl)cnn12. The lowest BCUT2D eigenvalue weighted by Gasteiger charge is -2.20. The highest BCUT2D eigenvalue weighted by Crippen LogP contribution is 2.32. The third-order valence-electron chi connectivity index (χ3n) is 3.60. The van der Waals surface area contributed by atoms with Crippen LogP contribution in [-0.4, -0.2) is 24.7 Å². The molecule has 114 valence electrons. The average Bonchev–Trinajstić information content (AvgIpc) is 2.85. The number of aliphatic hydroxyl groups is 1. The Bertz CT molecular complexity index is 866. The molecular weight excluding hydrogens is 302 g/mol. The first-order valence-electron chi connectivity index (χ1n) is 6.77. The highest BCUT2D eigenvalue weighted by molar-refractivity contribution is 6.33. The van der Waals surface area contributed by atoms with Crippen molar-refractivity contribution in [1.82, 2.24) is 19.6 Å². The fourth-order valence-electron chi connectivity index (χ4n) is 2.58. The fourth-order valence-corrected chi connectivity index (χ4v) is 2.77. The smallest absolute Gasteiger partial charge is 0.220 e. The molecule has 0 radical (unpaired) electrons. The van der Waals surface area contributed by atoms with Gasteiger partial charge in [-0.15, -0.1) is 0 Å². The molecule has 0 atom stereocenters. The van der Waals surface area contributed by atoms with E-state index >= 15 is 0 Å². The lowest BCUT2D eigenvalue weighted by atomic mass is 9.96. The summed E-state index contributed by atoms with van der Waals surface area (Å²) in [5.41, 5.74) is 8.52. The number of aryl methyl sites for hydroxylation is 1. The first kappa shape index (κ1) is 14.7. The first-order chi connectivity index (χ1) is 10.3. The lowest BCUT2D eigenvalue weighted by molar-refractivity contribution is 0.0773. The van der Waals surface area contributed by atoms with Gasteiger partial charge in [0.25, 0.3) is 0 Å². The van der Waals surface area contributed by atoms with E-state index < -0.39 is 5.60 Å². The van der Waals surface area contributed by atoms with Crippen molar-refractivity contribution >= 4 is 23.1 Å². The molecule has 0 spiro atoms. The predicted molar refractivity (Wildman–Crippen MR) is 85.6 cm³/mol. The molecule has 7 heteroatoms. The van der Waals surface area contributed by atoms with Crippen LogP contribution in [0.1, 0.15) is 25.1 Å². The molecule has 0 aliphatic heterocycles. The van der Waals surface area contributed by atoms with Gasteiger partial charge in [-0.2, -0.15) is 5.10 Å². The number of nitrogens with two attached hydrogens (primary N) is 1. The topological polar surface area (TPSA) is 89.3 Å². The number of aromatic nitrogens is 4. The van der Waals surface area contributed by atoms with Gasteiger partial charge in [0.1, 0.15) is 0 Å². The Balaban J connectivity index is 2.27. The third-order valence-corrected chi connectivity index (χ3v) is 3.88. The van der Waals surface area contributed by atoms with Crippen LogP contribution in [0, 0.1) is 6.92 Å². The molecule has 0 fully saturated rings. The van der Waals surface area contributed by atoms with Gasteiger partial charge >= 0.3 is 0 Å². The highest BCUT2D eigenvalue weighted by atomic mass is 35.5. The largest absolute Gasteiger partial charge is 0.386 e. The summed E-state index contributed by atoms with van der Waals surface area (Å²) in [6.45, 7) is 5.40. The van der Waals surface area contributed by atoms with E-state index in [1.807, 2.05) is 19.1 Å². The van der Waals surface area contributed by atoms with E-state index in [9.17, 15) is 5.11 Å². The number of rotatable bonds is 2. The summed E-state index contributed by atoms with van der Waals surface area (Å²) < 4.78 is 1.76. The van der Waals surface area contributed by atoms with Crippen molar-refractivity contribution in [1.29, 1.82) is 0 Å². The quantitative estimate of drug-likeness (QED) is 0.758. The van der Waals surface area contributed by atoms with E-state index in [0.29, 0.717) is 10.7 Å². The van der Waals surface area contributed by atoms with Gasteiger partial charge in [0.15, 0.2) is 0 Å². The minimum absolute atomic E-state index is 0.156. The van der Waals surface area contributed by atoms with E-state index in [-0.39, 0.29) is 5.95 Å². The van der Waals surface area contributed by atoms with Crippen LogP contribution in [0.15, 0.2) is 24.5 Å². The Morgan fingerprint density at radius 3 is 2.68 bits per heavy atom. The summed E-state index contributed by atoms with van der Waals surface area (Å²) in [4.78, 5) is 8.07. The maximum absolute atomic E-state index is 10.2. The second-order valence-electron chi connectivity index (χ2n) is 5.67. The molecule has 3 N–H and O–H groups in total. The maximum atomic E-state index is 10.2. The molecule has 0 amide bonds. The van der Waals surface area contributed by atoms with Crippen molar-refractivity contribution < 1.29 is 5.11 Å². The molecule has 0 saturated carbocycles. The lowest BCUT2D eigenvalue weighted by Crippen LogP contribution is -2.18. The molecule has 6 nitrogen and oxygen atoms in total. The van der Waals surface area contributed by atoms with Gasteiger partial charge in [-0.25, -0.2) is 14.5 Å². The summed E-state index contributed by atoms with van der Waals surface area (Å²) in [5, 5.41) is 15.0. The van der Waals surface area contributed by atoms with E-state index in [4.69, 9.17) is 17.3 Å². The van der Waals surface area contributed by atoms with Crippen molar-refractivity contribution in [3.63, 3.8) is 0 Å². The number of hydrogen-bond donors (Lipinski definition) is 2. The number of anilines is 1. The molecule has 3 rings (SSSR count). The van der Waals surface area contributed by atoms with Gasteiger partial charge < -0.3 is 10.8 Å². The van der Waals surface area contributed by atoms with Crippen LogP contribution in [-0.2, 0) is 5.60 Å². The molecule has 0 bridgehead atoms. The number of halogens is 1. The van der Waals surface area contributed by atoms with Crippen LogP contribution in [0.2, 0.25) is 5.02 Å². The fraction of sp³-hybridized carbons (Fsp3) is 0.267. The number of hydrogen-bond acceptors (Lipinski definition) is 5. The second-order valence-corrected chi connectivity index (χ2v) is 6.08. The van der Waals surface area contributed by atoms with Gasteiger partial charge in [-0.1, -0.05) is 17.7 Å². The van der Waals surface area contributed by atoms with Crippen LogP contribution in [0.5, 0.6) is 0 Å². The zero-order valence-electron chi connectivity index (χ0n) is 12.5. The van der Waals surface area contributed by atoms with Crippen LogP contribution in [0.25, 0.3) is 16.8 Å². The number of pyridine rings is 1. The Hall–Kier alpha value is -2.18. The van der Waals surface area contributed by atoms with Gasteiger partial charge in [0.2, 0.25) is 5.95 Å². The minimum Gasteiger partial charge on any atom is -0.386 e. The Morgan fingerprint density at radius 2 is 2.00 bits per heavy atom. The molecule has 3 aromatic rings. The maximum Gasteiger partial charge on any atom is 0.220 e. The number of nitrogens with zero attached hydrogens (tertiary/aromatic N) is 4. The number of fused-ring (bicyclic) bond motifs is 1. The minimum atomic E-state index is -0.943. The van der Waals surface area contributed by atoms with Crippen molar-refractivity contribution in [2.24, 2.45) is 0 Å². The third kappa shape index (κ3) is 2.30. The molecule has 0 aliphatic rings. The van der Waals surface area contributed by atoms with E-state index in [2.05, 4.69) is 15.1 Å². The zero-order valence-corrected chi connectivity index (χ0v) is 13.3. The van der Waals surface area contributed by atoms with Crippen LogP contribution >= 0.6 is 11.6 Å². The molecule has 22 heavy (non-hydrogen) atoms. The normalized spacial score (nSPS) is 12.0. The molecule has 0 saturated heterocycles. The summed E-state index contributed by atoms with van der Waals surface area (Å²) in [6, 6.07) is 3.77. The van der Waals surface area contributed by atoms with Crippen LogP contribution < -0.4 is 5.73 Å². The molecule has 0 aliphatic carbocycles. The summed E-state index contributed by atoms with van der Waals surface area (Å²) in [6.07, 6.45) is 3.16. The second kappa shape index (κ2) is 4.93. The Kier molecular flexibility index (Phi) is 3.30. The predicted octanol–water partition coefficient (Wildman–Crippen LogP) is 2.56. The van der Waals surface area contributed by atoms with Crippen LogP contribution in [0.3, 0.4) is 0 Å². The van der Waals surface area contributed by atoms with Crippen LogP contribution in [0.4, 0.5) is 5.95 Å². The summed E-state index contributed by atoms with van der Waals surface area (Å²) in [5.74, 6) is 0.156. The average molecular weight is 318 g/mol. The van der Waals surface area contributed by atoms with Crippen molar-refractivity contribution in [3.8, 4) is 11.3 Å². The molecule has 0 unspecified atom stereocenters. The molecular formula is C15H16ClN5O. The van der Waals surface area contributed by atoms with Gasteiger partial charge in [-0.05, 0) is 26.8 Å². The summed E-state index contributed by atoms with van der Waals surface area (Å²) >= 11 is 6.17.